The SMILES string of the molecule is C.C.C=C.C=C.Cc1cc2c(S(=O)(=O)O)c(NC(=O)CS(=O)OCCl)ccc2c(O)c1N=Nc1ccc(N=Nc2ccc(N=Nc3c(S(=O)(=O)O)cc4c(S(=O)(=O)O)c(NC(=O)CS(=O)OCCl)ccc4c3O)cc2)cc1S(=O)(=O)O. The van der Waals surface area contributed by atoms with Gasteiger partial charge in [-0.3, -0.25) is 36.2 Å². The van der Waals surface area contributed by atoms with Crippen LogP contribution in [0.4, 0.5) is 45.5 Å². The Morgan fingerprint density at radius 2 is 0.901 bits per heavy atom. The lowest BCUT2D eigenvalue weighted by Gasteiger charge is -2.15. The van der Waals surface area contributed by atoms with E-state index in [-0.39, 0.29) is 53.9 Å². The van der Waals surface area contributed by atoms with Gasteiger partial charge in [0.2, 0.25) is 11.8 Å². The molecule has 0 radical (unpaired) electrons. The third-order valence-electron chi connectivity index (χ3n) is 9.66. The van der Waals surface area contributed by atoms with Crippen LogP contribution in [0.15, 0.2) is 155 Å². The van der Waals surface area contributed by atoms with Gasteiger partial charge >= 0.3 is 0 Å². The van der Waals surface area contributed by atoms with E-state index in [4.69, 9.17) is 23.2 Å². The zero-order chi connectivity index (χ0) is 59.4. The van der Waals surface area contributed by atoms with Crippen LogP contribution in [-0.4, -0.2) is 106 Å². The van der Waals surface area contributed by atoms with Crippen LogP contribution >= 0.6 is 23.2 Å². The van der Waals surface area contributed by atoms with E-state index in [0.29, 0.717) is 6.07 Å². The lowest BCUT2D eigenvalue weighted by atomic mass is 10.0. The first-order valence-corrected chi connectivity index (χ1v) is 30.1. The number of halogens is 2. The van der Waals surface area contributed by atoms with Crippen molar-refractivity contribution >= 4 is 165 Å². The number of phenolic OH excluding ortho intramolecular Hbond substituents is 2. The highest BCUT2D eigenvalue weighted by atomic mass is 35.5. The van der Waals surface area contributed by atoms with Crippen LogP contribution < -0.4 is 10.6 Å². The number of aryl methyl sites for hydroxylation is 1. The zero-order valence-corrected chi connectivity index (χ0v) is 46.4. The lowest BCUT2D eigenvalue weighted by Crippen LogP contribution is -2.21. The van der Waals surface area contributed by atoms with Gasteiger partial charge in [-0.25, -0.2) is 8.42 Å². The van der Waals surface area contributed by atoms with E-state index in [2.05, 4.69) is 76.0 Å². The average molecular weight is 1280 g/mol. The molecule has 28 nitrogen and oxygen atoms in total. The number of alkyl halides is 2. The van der Waals surface area contributed by atoms with Gasteiger partial charge in [0.15, 0.2) is 33.7 Å². The fourth-order valence-corrected chi connectivity index (χ4v) is 11.2. The number of aromatic hydroxyl groups is 2. The minimum atomic E-state index is -5.36. The minimum Gasteiger partial charge on any atom is -0.505 e. The Balaban J connectivity index is 0.00000365. The predicted molar refractivity (Wildman–Crippen MR) is 303 cm³/mol. The molecule has 2 amide bonds. The number of azo groups is 3. The van der Waals surface area contributed by atoms with E-state index in [1.54, 1.807) is 0 Å². The summed E-state index contributed by atoms with van der Waals surface area (Å²) < 4.78 is 173. The molecule has 0 aromatic heterocycles. The number of nitrogens with zero attached hydrogens (tertiary/aromatic N) is 6. The quantitative estimate of drug-likeness (QED) is 0.0152. The van der Waals surface area contributed by atoms with Gasteiger partial charge in [-0.15, -0.1) is 41.7 Å². The molecule has 0 spiro atoms. The number of benzene rings is 6. The number of anilines is 2. The minimum absolute atomic E-state index is 0. The van der Waals surface area contributed by atoms with Crippen molar-refractivity contribution in [2.75, 3.05) is 34.3 Å². The van der Waals surface area contributed by atoms with E-state index >= 15 is 0 Å². The molecule has 81 heavy (non-hydrogen) atoms. The molecule has 0 aliphatic rings. The number of hydrogen-bond donors (Lipinski definition) is 8. The molecule has 0 aliphatic heterocycles. The summed E-state index contributed by atoms with van der Waals surface area (Å²) in [5.74, 6) is -5.46. The number of amides is 2. The van der Waals surface area contributed by atoms with Crippen LogP contribution in [0.2, 0.25) is 0 Å². The first-order chi connectivity index (χ1) is 37.0. The molecular formula is C45H48Cl2N8O20S6. The Bertz CT molecular complexity index is 3980. The van der Waals surface area contributed by atoms with Crippen LogP contribution in [0.25, 0.3) is 21.5 Å². The number of phenols is 2. The second-order valence-corrected chi connectivity index (χ2v) is 22.8. The Morgan fingerprint density at radius 3 is 1.32 bits per heavy atom. The number of fused-ring (bicyclic) bond motifs is 2. The smallest absolute Gasteiger partial charge is 0.297 e. The normalized spacial score (nSPS) is 12.6. The third-order valence-corrected chi connectivity index (χ3v) is 15.6. The number of carbonyl (C=O) groups is 2. The molecule has 0 bridgehead atoms. The molecule has 438 valence electrons. The molecule has 0 fully saturated rings. The summed E-state index contributed by atoms with van der Waals surface area (Å²) in [5.41, 5.74) is -2.94. The van der Waals surface area contributed by atoms with Gasteiger partial charge in [0.25, 0.3) is 40.5 Å². The van der Waals surface area contributed by atoms with Gasteiger partial charge in [0, 0.05) is 21.5 Å². The van der Waals surface area contributed by atoms with Crippen molar-refractivity contribution in [3.8, 4) is 11.5 Å². The molecule has 6 rings (SSSR count). The second-order valence-electron chi connectivity index (χ2n) is 14.7. The lowest BCUT2D eigenvalue weighted by molar-refractivity contribution is -0.114. The summed E-state index contributed by atoms with van der Waals surface area (Å²) in [6, 6.07) is 12.9. The molecule has 0 saturated carbocycles. The van der Waals surface area contributed by atoms with E-state index in [1.165, 1.54) is 37.3 Å². The molecular weight excluding hydrogens is 1240 g/mol. The van der Waals surface area contributed by atoms with E-state index in [9.17, 15) is 80.1 Å². The fourth-order valence-electron chi connectivity index (χ4n) is 6.65. The van der Waals surface area contributed by atoms with Crippen molar-refractivity contribution < 1.29 is 88.5 Å². The maximum absolute atomic E-state index is 12.5. The van der Waals surface area contributed by atoms with Crippen molar-refractivity contribution in [3.05, 3.63) is 111 Å². The highest BCUT2D eigenvalue weighted by Crippen LogP contribution is 2.46. The van der Waals surface area contributed by atoms with Crippen LogP contribution in [0.5, 0.6) is 11.5 Å². The van der Waals surface area contributed by atoms with Gasteiger partial charge < -0.3 is 20.8 Å². The molecule has 8 N–H and O–H groups in total. The highest BCUT2D eigenvalue weighted by Gasteiger charge is 2.29. The monoisotopic (exact) mass is 1280 g/mol. The number of rotatable bonds is 20. The summed E-state index contributed by atoms with van der Waals surface area (Å²) in [6.07, 6.45) is 0. The van der Waals surface area contributed by atoms with E-state index in [0.717, 1.165) is 42.5 Å². The molecule has 6 aromatic rings. The largest absolute Gasteiger partial charge is 0.505 e. The van der Waals surface area contributed by atoms with Gasteiger partial charge in [-0.2, -0.15) is 49.0 Å². The van der Waals surface area contributed by atoms with E-state index < -0.39 is 163 Å². The zero-order valence-electron chi connectivity index (χ0n) is 39.9. The third kappa shape index (κ3) is 18.0. The second kappa shape index (κ2) is 29.7. The van der Waals surface area contributed by atoms with Gasteiger partial charge in [0.05, 0.1) is 28.4 Å². The number of hydrogen-bond acceptors (Lipinski definition) is 22. The fraction of sp³-hybridized carbons (Fsp3) is 0.156. The topological polar surface area (TPSA) is 443 Å². The van der Waals surface area contributed by atoms with Gasteiger partial charge in [-0.1, -0.05) is 38.1 Å². The van der Waals surface area contributed by atoms with Crippen LogP contribution in [-0.2, 0) is 80.6 Å². The summed E-state index contributed by atoms with van der Waals surface area (Å²) in [4.78, 5) is 20.8. The maximum atomic E-state index is 12.5. The molecule has 2 atom stereocenters. The predicted octanol–water partition coefficient (Wildman–Crippen LogP) is 10.5. The summed E-state index contributed by atoms with van der Waals surface area (Å²) >= 11 is 6.22. The molecule has 0 saturated heterocycles. The standard InChI is InChI=1S/C39H32Cl2N8O20S6.2C2H4.2CH4/c1-19-12-25-23(7-10-28(38(25)74(62,63)64)42-32(50)15-70(54)68-17-40)36(52)34(19)48-47-27-9-6-22(13-30(27)72(56,57)58)46-44-20-2-4-21(5-3-20)45-49-35-31(73(59,60)61)14-26-24(37(35)53)8-11-29(39(26)75(65,66)67)43-33(51)16-71(55)69-18-41;2*1-2;;/h2-14,52-53H,15-18H2,1H3,(H,42,50)(H,43,51)(H,56,57,58)(H,59,60,61)(H,62,63,64)(H,65,66,67);2*1-2H2;2*1H4. The molecule has 36 heteroatoms. The van der Waals surface area contributed by atoms with Crippen molar-refractivity contribution in [2.45, 2.75) is 41.4 Å². The van der Waals surface area contributed by atoms with Crippen molar-refractivity contribution in [1.29, 1.82) is 0 Å². The van der Waals surface area contributed by atoms with E-state index in [1.807, 2.05) is 0 Å². The van der Waals surface area contributed by atoms with Crippen LogP contribution in [0.1, 0.15) is 20.4 Å². The average Bonchev–Trinajstić information content (AvgIpc) is 3.53. The summed E-state index contributed by atoms with van der Waals surface area (Å²) in [7, 11) is -20.9. The Morgan fingerprint density at radius 1 is 0.519 bits per heavy atom. The Hall–Kier alpha value is -6.90. The summed E-state index contributed by atoms with van der Waals surface area (Å²) in [5, 5.41) is 48.2. The maximum Gasteiger partial charge on any atom is 0.297 e. The van der Waals surface area contributed by atoms with Crippen molar-refractivity contribution in [1.82, 2.24) is 0 Å². The Kier molecular flexibility index (Phi) is 25.7. The first-order valence-electron chi connectivity index (χ1n) is 20.8. The first kappa shape index (κ1) is 70.2. The van der Waals surface area contributed by atoms with Crippen LogP contribution in [0, 0.1) is 6.92 Å². The number of nitrogens with one attached hydrogen (secondary N) is 2. The highest BCUT2D eigenvalue weighted by molar-refractivity contribution is 7.87. The molecule has 2 unspecified atom stereocenters. The molecule has 6 aromatic carbocycles. The van der Waals surface area contributed by atoms with Gasteiger partial charge in [0.1, 0.15) is 60.3 Å². The summed E-state index contributed by atoms with van der Waals surface area (Å²) in [6.45, 7) is 13.3. The van der Waals surface area contributed by atoms with Crippen molar-refractivity contribution in [3.63, 3.8) is 0 Å². The Labute approximate surface area is 478 Å². The van der Waals surface area contributed by atoms with Crippen molar-refractivity contribution in [2.24, 2.45) is 30.7 Å². The van der Waals surface area contributed by atoms with Crippen LogP contribution in [0.3, 0.4) is 0 Å². The molecule has 0 heterocycles. The number of carbonyl (C=O) groups excluding carboxylic acids is 2. The van der Waals surface area contributed by atoms with Gasteiger partial charge in [-0.05, 0) is 91.3 Å². The molecule has 0 aliphatic carbocycles.